The first-order valence-electron chi connectivity index (χ1n) is 8.40. The van der Waals surface area contributed by atoms with Crippen LogP contribution in [0.5, 0.6) is 11.5 Å². The van der Waals surface area contributed by atoms with Crippen LogP contribution in [0.3, 0.4) is 0 Å². The van der Waals surface area contributed by atoms with Gasteiger partial charge in [-0.15, -0.1) is 5.10 Å². The molecule has 7 heteroatoms. The molecule has 4 heterocycles. The van der Waals surface area contributed by atoms with Crippen LogP contribution in [0.1, 0.15) is 29.3 Å². The Morgan fingerprint density at radius 2 is 2.12 bits per heavy atom. The molecule has 0 radical (unpaired) electrons. The van der Waals surface area contributed by atoms with Gasteiger partial charge in [-0.05, 0) is 36.6 Å². The highest BCUT2D eigenvalue weighted by Gasteiger charge is 2.36. The van der Waals surface area contributed by atoms with Gasteiger partial charge in [0.15, 0.2) is 11.5 Å². The molecule has 7 nitrogen and oxygen atoms in total. The van der Waals surface area contributed by atoms with Gasteiger partial charge < -0.3 is 14.2 Å². The van der Waals surface area contributed by atoms with Crippen LogP contribution in [0, 0.1) is 6.92 Å². The number of hydrogen-bond donors (Lipinski definition) is 0. The van der Waals surface area contributed by atoms with E-state index in [0.29, 0.717) is 13.4 Å². The van der Waals surface area contributed by atoms with Gasteiger partial charge in [0, 0.05) is 19.6 Å². The van der Waals surface area contributed by atoms with Crippen LogP contribution in [0.2, 0.25) is 0 Å². The van der Waals surface area contributed by atoms with E-state index in [0.717, 1.165) is 43.2 Å². The van der Waals surface area contributed by atoms with E-state index < -0.39 is 0 Å². The van der Waals surface area contributed by atoms with E-state index in [1.807, 2.05) is 4.68 Å². The first-order valence-corrected chi connectivity index (χ1v) is 8.40. The summed E-state index contributed by atoms with van der Waals surface area (Å²) in [5, 5.41) is 8.31. The summed E-state index contributed by atoms with van der Waals surface area (Å²) in [6, 6.07) is 4.44. The Morgan fingerprint density at radius 3 is 3.04 bits per heavy atom. The summed E-state index contributed by atoms with van der Waals surface area (Å²) in [6.45, 7) is 5.92. The predicted octanol–water partition coefficient (Wildman–Crippen LogP) is 1.66. The summed E-state index contributed by atoms with van der Waals surface area (Å²) in [7, 11) is 0. The number of likely N-dealkylation sites (tertiary alicyclic amines) is 1. The first-order chi connectivity index (χ1) is 11.8. The van der Waals surface area contributed by atoms with Gasteiger partial charge in [0.1, 0.15) is 0 Å². The third kappa shape index (κ3) is 2.27. The van der Waals surface area contributed by atoms with E-state index >= 15 is 0 Å². The lowest BCUT2D eigenvalue weighted by Gasteiger charge is -2.41. The zero-order valence-corrected chi connectivity index (χ0v) is 13.6. The van der Waals surface area contributed by atoms with Gasteiger partial charge in [-0.1, -0.05) is 5.21 Å². The molecule has 0 unspecified atom stereocenters. The van der Waals surface area contributed by atoms with Gasteiger partial charge in [0.05, 0.1) is 30.6 Å². The Morgan fingerprint density at radius 1 is 1.25 bits per heavy atom. The number of aryl methyl sites for hydroxylation is 1. The Labute approximate surface area is 140 Å². The second-order valence-electron chi connectivity index (χ2n) is 6.74. The van der Waals surface area contributed by atoms with Crippen molar-refractivity contribution in [1.82, 2.24) is 19.9 Å². The van der Waals surface area contributed by atoms with Crippen molar-refractivity contribution in [2.24, 2.45) is 0 Å². The van der Waals surface area contributed by atoms with Crippen LogP contribution in [0.4, 0.5) is 0 Å². The van der Waals surface area contributed by atoms with Gasteiger partial charge in [-0.3, -0.25) is 4.90 Å². The largest absolute Gasteiger partial charge is 0.454 e. The predicted molar refractivity (Wildman–Crippen MR) is 84.8 cm³/mol. The summed E-state index contributed by atoms with van der Waals surface area (Å²) in [4.78, 5) is 2.46. The molecule has 1 fully saturated rings. The molecule has 1 saturated heterocycles. The highest BCUT2D eigenvalue weighted by atomic mass is 16.7. The van der Waals surface area contributed by atoms with Crippen LogP contribution < -0.4 is 9.47 Å². The number of fused-ring (bicyclic) bond motifs is 4. The van der Waals surface area contributed by atoms with E-state index in [4.69, 9.17) is 14.2 Å². The maximum Gasteiger partial charge on any atom is 0.231 e. The molecule has 0 bridgehead atoms. The van der Waals surface area contributed by atoms with Crippen molar-refractivity contribution < 1.29 is 14.2 Å². The Kier molecular flexibility index (Phi) is 3.24. The molecule has 0 aliphatic carbocycles. The molecular formula is C17H20N4O3. The first kappa shape index (κ1) is 14.2. The average Bonchev–Trinajstić information content (AvgIpc) is 3.23. The highest BCUT2D eigenvalue weighted by molar-refractivity contribution is 5.48. The summed E-state index contributed by atoms with van der Waals surface area (Å²) < 4.78 is 19.0. The van der Waals surface area contributed by atoms with Crippen LogP contribution in [0.25, 0.3) is 0 Å². The molecule has 1 aromatic carbocycles. The van der Waals surface area contributed by atoms with Gasteiger partial charge in [-0.2, -0.15) is 0 Å². The minimum atomic E-state index is 0.244. The van der Waals surface area contributed by atoms with Crippen molar-refractivity contribution in [2.45, 2.75) is 38.6 Å². The number of nitrogens with zero attached hydrogens (tertiary/aromatic N) is 4. The summed E-state index contributed by atoms with van der Waals surface area (Å²) >= 11 is 0. The molecule has 0 spiro atoms. The van der Waals surface area contributed by atoms with E-state index in [1.165, 1.54) is 11.1 Å². The standard InChI is InChI=1S/C17H20N4O3/c1-11-4-16-17(24-10-23-16)5-12(11)7-20-3-2-15-14(8-20)21-13(9-22-15)6-18-19-21/h4-6,14-15H,2-3,7-10H2,1H3/t14-,15-/m1/s1. The molecule has 3 aliphatic heterocycles. The van der Waals surface area contributed by atoms with Crippen LogP contribution in [0.15, 0.2) is 18.3 Å². The minimum absolute atomic E-state index is 0.244. The van der Waals surface area contributed by atoms with Gasteiger partial charge in [-0.25, -0.2) is 4.68 Å². The molecule has 0 N–H and O–H groups in total. The van der Waals surface area contributed by atoms with Crippen molar-refractivity contribution in [3.8, 4) is 11.5 Å². The SMILES string of the molecule is Cc1cc2c(cc1CN1CC[C@H]3OCc4cnnn4[C@@H]3C1)OCO2. The van der Waals surface area contributed by atoms with Crippen LogP contribution in [-0.2, 0) is 17.9 Å². The molecule has 0 amide bonds. The van der Waals surface area contributed by atoms with Crippen LogP contribution >= 0.6 is 0 Å². The number of aromatic nitrogens is 3. The number of ether oxygens (including phenoxy) is 3. The third-order valence-corrected chi connectivity index (χ3v) is 5.24. The molecule has 0 saturated carbocycles. The lowest BCUT2D eigenvalue weighted by atomic mass is 9.99. The lowest BCUT2D eigenvalue weighted by molar-refractivity contribution is -0.0670. The maximum atomic E-state index is 5.99. The van der Waals surface area contributed by atoms with Crippen molar-refractivity contribution in [2.75, 3.05) is 19.9 Å². The van der Waals surface area contributed by atoms with Gasteiger partial charge >= 0.3 is 0 Å². The number of piperidine rings is 1. The van der Waals surface area contributed by atoms with E-state index in [-0.39, 0.29) is 12.1 Å². The fourth-order valence-corrected chi connectivity index (χ4v) is 3.89. The van der Waals surface area contributed by atoms with E-state index in [1.54, 1.807) is 6.20 Å². The number of hydrogen-bond acceptors (Lipinski definition) is 6. The molecular weight excluding hydrogens is 308 g/mol. The fourth-order valence-electron chi connectivity index (χ4n) is 3.89. The van der Waals surface area contributed by atoms with Crippen molar-refractivity contribution in [3.05, 3.63) is 35.2 Å². The summed E-state index contributed by atoms with van der Waals surface area (Å²) in [6.07, 6.45) is 3.07. The minimum Gasteiger partial charge on any atom is -0.454 e. The highest BCUT2D eigenvalue weighted by Crippen LogP contribution is 2.36. The quantitative estimate of drug-likeness (QED) is 0.835. The molecule has 2 aromatic rings. The third-order valence-electron chi connectivity index (χ3n) is 5.24. The zero-order valence-electron chi connectivity index (χ0n) is 13.6. The average molecular weight is 328 g/mol. The Hall–Kier alpha value is -2.12. The molecule has 5 rings (SSSR count). The van der Waals surface area contributed by atoms with E-state index in [9.17, 15) is 0 Å². The van der Waals surface area contributed by atoms with Gasteiger partial charge in [0.2, 0.25) is 6.79 Å². The second-order valence-corrected chi connectivity index (χ2v) is 6.74. The Balaban J connectivity index is 1.36. The van der Waals surface area contributed by atoms with Crippen LogP contribution in [-0.4, -0.2) is 45.9 Å². The molecule has 24 heavy (non-hydrogen) atoms. The summed E-state index contributed by atoms with van der Waals surface area (Å²) in [5.41, 5.74) is 3.59. The van der Waals surface area contributed by atoms with Crippen molar-refractivity contribution in [3.63, 3.8) is 0 Å². The second kappa shape index (κ2) is 5.46. The molecule has 126 valence electrons. The van der Waals surface area contributed by atoms with Gasteiger partial charge in [0.25, 0.3) is 0 Å². The van der Waals surface area contributed by atoms with E-state index in [2.05, 4.69) is 34.3 Å². The molecule has 3 aliphatic rings. The maximum absolute atomic E-state index is 5.99. The zero-order chi connectivity index (χ0) is 16.1. The number of benzene rings is 1. The smallest absolute Gasteiger partial charge is 0.231 e. The molecule has 2 atom stereocenters. The van der Waals surface area contributed by atoms with Crippen molar-refractivity contribution in [1.29, 1.82) is 0 Å². The topological polar surface area (TPSA) is 61.6 Å². The summed E-state index contributed by atoms with van der Waals surface area (Å²) in [5.74, 6) is 1.70. The lowest BCUT2D eigenvalue weighted by Crippen LogP contribution is -2.47. The normalized spacial score (nSPS) is 25.4. The fraction of sp³-hybridized carbons (Fsp3) is 0.529. The monoisotopic (exact) mass is 328 g/mol. The van der Waals surface area contributed by atoms with Crippen molar-refractivity contribution >= 4 is 0 Å². The number of rotatable bonds is 2. The Bertz CT molecular complexity index is 775. The molecule has 1 aromatic heterocycles.